The first-order valence-corrected chi connectivity index (χ1v) is 8.85. The summed E-state index contributed by atoms with van der Waals surface area (Å²) >= 11 is 0. The Morgan fingerprint density at radius 3 is 2.00 bits per heavy atom. The number of hydrogen-bond acceptors (Lipinski definition) is 3. The van der Waals surface area contributed by atoms with Gasteiger partial charge in [0.05, 0.1) is 0 Å². The normalized spacial score (nSPS) is 13.1. The summed E-state index contributed by atoms with van der Waals surface area (Å²) in [7, 11) is 15.1. The van der Waals surface area contributed by atoms with Gasteiger partial charge in [-0.3, -0.25) is 0 Å². The zero-order valence-electron chi connectivity index (χ0n) is 8.07. The molecule has 0 aromatic carbocycles. The summed E-state index contributed by atoms with van der Waals surface area (Å²) in [5.41, 5.74) is 5.31. The molecule has 14 heavy (non-hydrogen) atoms. The zero-order valence-corrected chi connectivity index (χ0v) is 11.2. The van der Waals surface area contributed by atoms with Gasteiger partial charge < -0.3 is 16.4 Å². The Kier molecular flexibility index (Phi) is 10.1. The third kappa shape index (κ3) is 13.1. The Labute approximate surface area is 101 Å². The van der Waals surface area contributed by atoms with Crippen molar-refractivity contribution >= 4 is 39.7 Å². The molecule has 0 saturated heterocycles. The van der Waals surface area contributed by atoms with E-state index in [1.165, 1.54) is 0 Å². The molecule has 0 atom stereocenters. The van der Waals surface area contributed by atoms with Crippen LogP contribution in [0.3, 0.4) is 0 Å². The molecule has 0 spiro atoms. The predicted octanol–water partition coefficient (Wildman–Crippen LogP) is 1.78. The van der Waals surface area contributed by atoms with Crippen molar-refractivity contribution in [3.63, 3.8) is 0 Å². The maximum atomic E-state index is 5.67. The molecule has 7 heteroatoms. The van der Waals surface area contributed by atoms with E-state index in [1.54, 1.807) is 0 Å². The lowest BCUT2D eigenvalue weighted by molar-refractivity contribution is 0.611. The molecule has 0 aromatic heterocycles. The molecule has 0 heterocycles. The largest absolute Gasteiger partial charge is 0.329 e. The SMILES string of the molecule is NCCNCCNCCCS(Cl)(Cl)Cl. The Bertz CT molecular complexity index is 132. The third-order valence-electron chi connectivity index (χ3n) is 1.53. The first-order valence-electron chi connectivity index (χ1n) is 4.57. The van der Waals surface area contributed by atoms with Crippen LogP contribution in [0.15, 0.2) is 0 Å². The van der Waals surface area contributed by atoms with E-state index in [0.29, 0.717) is 12.3 Å². The summed E-state index contributed by atoms with van der Waals surface area (Å²) in [5, 5.41) is 6.43. The summed E-state index contributed by atoms with van der Waals surface area (Å²) in [6.45, 7) is 4.29. The monoisotopic (exact) mass is 281 g/mol. The molecule has 0 amide bonds. The van der Waals surface area contributed by atoms with E-state index < -0.39 is 7.67 Å². The second kappa shape index (κ2) is 9.33. The van der Waals surface area contributed by atoms with Gasteiger partial charge in [0.1, 0.15) is 0 Å². The van der Waals surface area contributed by atoms with Gasteiger partial charge in [-0.05, 0) is 52.7 Å². The van der Waals surface area contributed by atoms with Gasteiger partial charge in [-0.2, -0.15) is 0 Å². The van der Waals surface area contributed by atoms with E-state index in [-0.39, 0.29) is 0 Å². The van der Waals surface area contributed by atoms with Gasteiger partial charge in [-0.25, -0.2) is 0 Å². The van der Waals surface area contributed by atoms with Crippen LogP contribution in [0.25, 0.3) is 0 Å². The smallest absolute Gasteiger partial charge is 0.0177 e. The quantitative estimate of drug-likeness (QED) is 0.565. The third-order valence-corrected chi connectivity index (χ3v) is 3.67. The fourth-order valence-corrected chi connectivity index (χ4v) is 2.34. The van der Waals surface area contributed by atoms with Crippen LogP contribution in [-0.4, -0.2) is 38.5 Å². The second-order valence-electron chi connectivity index (χ2n) is 2.85. The Morgan fingerprint density at radius 2 is 1.50 bits per heavy atom. The fourth-order valence-electron chi connectivity index (χ4n) is 0.890. The highest BCUT2D eigenvalue weighted by Gasteiger charge is 2.11. The van der Waals surface area contributed by atoms with Gasteiger partial charge in [0, 0.05) is 31.9 Å². The lowest BCUT2D eigenvalue weighted by Crippen LogP contribution is -2.31. The number of nitrogens with one attached hydrogen (secondary N) is 2. The molecule has 4 N–H and O–H groups in total. The first kappa shape index (κ1) is 15.1. The van der Waals surface area contributed by atoms with Crippen molar-refractivity contribution in [2.75, 3.05) is 38.5 Å². The Balaban J connectivity index is 2.99. The average molecular weight is 283 g/mol. The number of nitrogens with two attached hydrogens (primary N) is 1. The van der Waals surface area contributed by atoms with Crippen LogP contribution in [0.4, 0.5) is 0 Å². The van der Waals surface area contributed by atoms with Crippen molar-refractivity contribution < 1.29 is 0 Å². The van der Waals surface area contributed by atoms with Crippen LogP contribution in [0.1, 0.15) is 6.42 Å². The molecule has 0 fully saturated rings. The zero-order chi connectivity index (χ0) is 10.9. The molecule has 0 unspecified atom stereocenters. The maximum Gasteiger partial charge on any atom is 0.0177 e. The highest BCUT2D eigenvalue weighted by molar-refractivity contribution is 8.79. The van der Waals surface area contributed by atoms with Crippen LogP contribution in [0, 0.1) is 0 Å². The van der Waals surface area contributed by atoms with Gasteiger partial charge in [-0.1, -0.05) is 0 Å². The van der Waals surface area contributed by atoms with E-state index in [4.69, 9.17) is 37.8 Å². The maximum absolute atomic E-state index is 5.67. The molecule has 3 nitrogen and oxygen atoms in total. The molecule has 0 aliphatic rings. The minimum absolute atomic E-state index is 0.668. The summed E-state index contributed by atoms with van der Waals surface area (Å²) < 4.78 is 0. The summed E-state index contributed by atoms with van der Waals surface area (Å²) in [4.78, 5) is 0. The van der Waals surface area contributed by atoms with Gasteiger partial charge in [-0.15, -0.1) is 0 Å². The molecular weight excluding hydrogens is 265 g/mol. The predicted molar refractivity (Wildman–Crippen MR) is 69.4 cm³/mol. The number of hydrogen-bond donors (Lipinski definition) is 3. The highest BCUT2D eigenvalue weighted by Crippen LogP contribution is 2.63. The summed E-state index contributed by atoms with van der Waals surface area (Å²) in [5.74, 6) is 0.668. The van der Waals surface area contributed by atoms with Gasteiger partial charge >= 0.3 is 0 Å². The van der Waals surface area contributed by atoms with Crippen LogP contribution in [0.2, 0.25) is 0 Å². The lowest BCUT2D eigenvalue weighted by atomic mass is 10.4. The Morgan fingerprint density at radius 1 is 0.929 bits per heavy atom. The van der Waals surface area contributed by atoms with Crippen molar-refractivity contribution in [1.82, 2.24) is 10.6 Å². The standard InChI is InChI=1S/C7H18Cl3N3S/c8-14(9,10)7-1-3-12-5-6-13-4-2-11/h12-13H,1-7,11H2. The topological polar surface area (TPSA) is 50.1 Å². The van der Waals surface area contributed by atoms with Crippen molar-refractivity contribution in [1.29, 1.82) is 0 Å². The van der Waals surface area contributed by atoms with E-state index in [2.05, 4.69) is 10.6 Å². The van der Waals surface area contributed by atoms with Crippen molar-refractivity contribution in [3.05, 3.63) is 0 Å². The van der Waals surface area contributed by atoms with E-state index >= 15 is 0 Å². The molecule has 0 bridgehead atoms. The molecule has 0 aromatic rings. The molecule has 88 valence electrons. The fraction of sp³-hybridized carbons (Fsp3) is 1.00. The molecular formula is C7H18Cl3N3S. The minimum atomic E-state index is -1.88. The van der Waals surface area contributed by atoms with Crippen molar-refractivity contribution in [3.8, 4) is 0 Å². The molecule has 0 aliphatic carbocycles. The first-order chi connectivity index (χ1) is 6.56. The van der Waals surface area contributed by atoms with Crippen LogP contribution < -0.4 is 16.4 Å². The van der Waals surface area contributed by atoms with Crippen molar-refractivity contribution in [2.45, 2.75) is 6.42 Å². The molecule has 0 aliphatic heterocycles. The highest BCUT2D eigenvalue weighted by atomic mass is 36.2. The molecule has 0 rings (SSSR count). The summed E-state index contributed by atoms with van der Waals surface area (Å²) in [6, 6.07) is 0. The van der Waals surface area contributed by atoms with Gasteiger partial charge in [0.25, 0.3) is 0 Å². The number of halogens is 3. The summed E-state index contributed by atoms with van der Waals surface area (Å²) in [6.07, 6.45) is 0.905. The minimum Gasteiger partial charge on any atom is -0.329 e. The van der Waals surface area contributed by atoms with E-state index in [0.717, 1.165) is 32.6 Å². The molecule has 0 saturated carbocycles. The number of rotatable bonds is 9. The van der Waals surface area contributed by atoms with Crippen LogP contribution in [-0.2, 0) is 0 Å². The average Bonchev–Trinajstić information content (AvgIpc) is 2.08. The molecule has 0 radical (unpaired) electrons. The van der Waals surface area contributed by atoms with Crippen LogP contribution >= 0.6 is 39.7 Å². The van der Waals surface area contributed by atoms with E-state index in [1.807, 2.05) is 0 Å². The van der Waals surface area contributed by atoms with Crippen LogP contribution in [0.5, 0.6) is 0 Å². The lowest BCUT2D eigenvalue weighted by Gasteiger charge is -2.14. The van der Waals surface area contributed by atoms with Crippen molar-refractivity contribution in [2.24, 2.45) is 5.73 Å². The van der Waals surface area contributed by atoms with Gasteiger partial charge in [0.2, 0.25) is 0 Å². The Hall–Kier alpha value is 1.10. The van der Waals surface area contributed by atoms with Gasteiger partial charge in [0.15, 0.2) is 0 Å². The second-order valence-corrected chi connectivity index (χ2v) is 10.4. The van der Waals surface area contributed by atoms with E-state index in [9.17, 15) is 0 Å².